The van der Waals surface area contributed by atoms with Gasteiger partial charge in [0.1, 0.15) is 0 Å². The van der Waals surface area contributed by atoms with Gasteiger partial charge in [-0.1, -0.05) is 54.6 Å². The maximum Gasteiger partial charge on any atom is 0.251 e. The second-order valence-corrected chi connectivity index (χ2v) is 8.03. The first kappa shape index (κ1) is 19.7. The topological polar surface area (TPSA) is 58.6 Å². The SMILES string of the molecule is O=C(NCc1cccc(CN2CCOCC2)c1)c1ccc2c(c1)C(=O)c1ccccc1-2. The van der Waals surface area contributed by atoms with Gasteiger partial charge in [-0.2, -0.15) is 0 Å². The average Bonchev–Trinajstić information content (AvgIpc) is 3.10. The van der Waals surface area contributed by atoms with Crippen LogP contribution in [0.5, 0.6) is 0 Å². The molecular weight excluding hydrogens is 388 g/mol. The number of nitrogens with zero attached hydrogens (tertiary/aromatic N) is 1. The Morgan fingerprint density at radius 2 is 1.58 bits per heavy atom. The minimum absolute atomic E-state index is 0.0175. The van der Waals surface area contributed by atoms with Crippen molar-refractivity contribution >= 4 is 11.7 Å². The van der Waals surface area contributed by atoms with Gasteiger partial charge in [-0.05, 0) is 34.4 Å². The predicted molar refractivity (Wildman–Crippen MR) is 119 cm³/mol. The minimum Gasteiger partial charge on any atom is -0.379 e. The fourth-order valence-corrected chi connectivity index (χ4v) is 4.31. The van der Waals surface area contributed by atoms with Crippen LogP contribution in [-0.2, 0) is 17.8 Å². The number of ether oxygens (including phenoxy) is 1. The van der Waals surface area contributed by atoms with Crippen LogP contribution in [0.4, 0.5) is 0 Å². The van der Waals surface area contributed by atoms with Gasteiger partial charge in [-0.3, -0.25) is 14.5 Å². The van der Waals surface area contributed by atoms with Crippen LogP contribution in [-0.4, -0.2) is 42.9 Å². The molecule has 1 aliphatic heterocycles. The number of nitrogens with one attached hydrogen (secondary N) is 1. The number of morpholine rings is 1. The lowest BCUT2D eigenvalue weighted by Gasteiger charge is -2.26. The lowest BCUT2D eigenvalue weighted by Crippen LogP contribution is -2.35. The maximum absolute atomic E-state index is 12.8. The molecule has 3 aromatic rings. The Bertz CT molecular complexity index is 1150. The highest BCUT2D eigenvalue weighted by Gasteiger charge is 2.27. The normalized spacial score (nSPS) is 15.4. The van der Waals surface area contributed by atoms with E-state index in [1.165, 1.54) is 5.56 Å². The predicted octanol–water partition coefficient (Wildman–Crippen LogP) is 3.66. The van der Waals surface area contributed by atoms with Gasteiger partial charge in [0.15, 0.2) is 5.78 Å². The summed E-state index contributed by atoms with van der Waals surface area (Å²) in [6.07, 6.45) is 0. The van der Waals surface area contributed by atoms with Crippen LogP contribution in [0.25, 0.3) is 11.1 Å². The summed E-state index contributed by atoms with van der Waals surface area (Å²) in [5.74, 6) is -0.193. The summed E-state index contributed by atoms with van der Waals surface area (Å²) < 4.78 is 5.41. The number of hydrogen-bond donors (Lipinski definition) is 1. The summed E-state index contributed by atoms with van der Waals surface area (Å²) in [4.78, 5) is 27.8. The van der Waals surface area contributed by atoms with E-state index in [4.69, 9.17) is 4.74 Å². The molecule has 0 atom stereocenters. The van der Waals surface area contributed by atoms with Crippen LogP contribution in [0.3, 0.4) is 0 Å². The smallest absolute Gasteiger partial charge is 0.251 e. The maximum atomic E-state index is 12.8. The van der Waals surface area contributed by atoms with Crippen molar-refractivity contribution in [2.75, 3.05) is 26.3 Å². The average molecular weight is 412 g/mol. The van der Waals surface area contributed by atoms with Gasteiger partial charge >= 0.3 is 0 Å². The molecule has 0 bridgehead atoms. The van der Waals surface area contributed by atoms with Gasteiger partial charge in [-0.25, -0.2) is 0 Å². The van der Waals surface area contributed by atoms with Crippen molar-refractivity contribution in [3.05, 3.63) is 94.5 Å². The Labute approximate surface area is 181 Å². The van der Waals surface area contributed by atoms with Gasteiger partial charge in [0, 0.05) is 42.9 Å². The Morgan fingerprint density at radius 1 is 0.839 bits per heavy atom. The molecule has 1 amide bonds. The Balaban J connectivity index is 1.25. The van der Waals surface area contributed by atoms with E-state index in [2.05, 4.69) is 22.3 Å². The highest BCUT2D eigenvalue weighted by Crippen LogP contribution is 2.36. The highest BCUT2D eigenvalue weighted by atomic mass is 16.5. The van der Waals surface area contributed by atoms with Crippen LogP contribution < -0.4 is 5.32 Å². The molecule has 1 N–H and O–H groups in total. The van der Waals surface area contributed by atoms with Crippen LogP contribution >= 0.6 is 0 Å². The zero-order valence-electron chi connectivity index (χ0n) is 17.3. The summed E-state index contributed by atoms with van der Waals surface area (Å²) in [6, 6.07) is 21.2. The van der Waals surface area contributed by atoms with Gasteiger partial charge in [0.05, 0.1) is 13.2 Å². The summed E-state index contributed by atoms with van der Waals surface area (Å²) in [6.45, 7) is 4.79. The van der Waals surface area contributed by atoms with Crippen molar-refractivity contribution in [2.24, 2.45) is 0 Å². The quantitative estimate of drug-likeness (QED) is 0.544. The van der Waals surface area contributed by atoms with Gasteiger partial charge in [0.2, 0.25) is 0 Å². The first-order valence-corrected chi connectivity index (χ1v) is 10.6. The van der Waals surface area contributed by atoms with Crippen molar-refractivity contribution in [3.63, 3.8) is 0 Å². The Hall–Kier alpha value is -3.28. The molecule has 0 aromatic heterocycles. The van der Waals surface area contributed by atoms with E-state index >= 15 is 0 Å². The van der Waals surface area contributed by atoms with Crippen LogP contribution in [0.2, 0.25) is 0 Å². The molecule has 5 rings (SSSR count). The van der Waals surface area contributed by atoms with Crippen molar-refractivity contribution < 1.29 is 14.3 Å². The molecule has 31 heavy (non-hydrogen) atoms. The standard InChI is InChI=1S/C26H24N2O3/c29-25-23-7-2-1-6-21(23)22-9-8-20(15-24(22)25)26(30)27-16-18-4-3-5-19(14-18)17-28-10-12-31-13-11-28/h1-9,14-15H,10-13,16-17H2,(H,27,30). The molecule has 0 saturated carbocycles. The molecule has 1 fully saturated rings. The molecule has 5 heteroatoms. The molecule has 1 aliphatic carbocycles. The van der Waals surface area contributed by atoms with E-state index in [0.717, 1.165) is 49.5 Å². The summed E-state index contributed by atoms with van der Waals surface area (Å²) in [5, 5.41) is 2.99. The second-order valence-electron chi connectivity index (χ2n) is 8.03. The van der Waals surface area contributed by atoms with Crippen LogP contribution in [0, 0.1) is 0 Å². The van der Waals surface area contributed by atoms with Gasteiger partial charge in [0.25, 0.3) is 5.91 Å². The number of rotatable bonds is 5. The summed E-state index contributed by atoms with van der Waals surface area (Å²) >= 11 is 0. The molecule has 2 aliphatic rings. The van der Waals surface area contributed by atoms with E-state index in [1.807, 2.05) is 42.5 Å². The highest BCUT2D eigenvalue weighted by molar-refractivity contribution is 6.22. The third kappa shape index (κ3) is 4.02. The fourth-order valence-electron chi connectivity index (χ4n) is 4.31. The van der Waals surface area contributed by atoms with Crippen molar-refractivity contribution in [3.8, 4) is 11.1 Å². The molecule has 0 spiro atoms. The zero-order valence-corrected chi connectivity index (χ0v) is 17.3. The first-order chi connectivity index (χ1) is 15.2. The number of benzene rings is 3. The summed E-state index contributed by atoms with van der Waals surface area (Å²) in [5.41, 5.74) is 5.93. The Morgan fingerprint density at radius 3 is 2.42 bits per heavy atom. The Kier molecular flexibility index (Phi) is 5.37. The van der Waals surface area contributed by atoms with E-state index in [9.17, 15) is 9.59 Å². The lowest BCUT2D eigenvalue weighted by atomic mass is 10.0. The van der Waals surface area contributed by atoms with Crippen molar-refractivity contribution in [2.45, 2.75) is 13.1 Å². The molecule has 1 heterocycles. The largest absolute Gasteiger partial charge is 0.379 e. The molecule has 3 aromatic carbocycles. The molecule has 5 nitrogen and oxygen atoms in total. The number of fused-ring (bicyclic) bond motifs is 3. The number of carbonyl (C=O) groups excluding carboxylic acids is 2. The molecule has 1 saturated heterocycles. The van der Waals surface area contributed by atoms with E-state index in [0.29, 0.717) is 23.2 Å². The monoisotopic (exact) mass is 412 g/mol. The minimum atomic E-state index is -0.176. The molecule has 156 valence electrons. The number of amides is 1. The fraction of sp³-hybridized carbons (Fsp3) is 0.231. The van der Waals surface area contributed by atoms with E-state index in [1.54, 1.807) is 12.1 Å². The number of hydrogen-bond acceptors (Lipinski definition) is 4. The van der Waals surface area contributed by atoms with Crippen LogP contribution in [0.1, 0.15) is 37.4 Å². The van der Waals surface area contributed by atoms with E-state index in [-0.39, 0.29) is 11.7 Å². The third-order valence-corrected chi connectivity index (χ3v) is 5.94. The lowest BCUT2D eigenvalue weighted by molar-refractivity contribution is 0.0342. The molecule has 0 radical (unpaired) electrons. The molecular formula is C26H24N2O3. The molecule has 0 unspecified atom stereocenters. The summed E-state index contributed by atoms with van der Waals surface area (Å²) in [7, 11) is 0. The van der Waals surface area contributed by atoms with Crippen molar-refractivity contribution in [1.82, 2.24) is 10.2 Å². The van der Waals surface area contributed by atoms with Gasteiger partial charge in [-0.15, -0.1) is 0 Å². The third-order valence-electron chi connectivity index (χ3n) is 5.94. The van der Waals surface area contributed by atoms with E-state index < -0.39 is 0 Å². The van der Waals surface area contributed by atoms with Gasteiger partial charge < -0.3 is 10.1 Å². The first-order valence-electron chi connectivity index (χ1n) is 10.6. The zero-order chi connectivity index (χ0) is 21.2. The van der Waals surface area contributed by atoms with Crippen molar-refractivity contribution in [1.29, 1.82) is 0 Å². The van der Waals surface area contributed by atoms with Crippen LogP contribution in [0.15, 0.2) is 66.7 Å². The number of carbonyl (C=O) groups is 2. The number of ketones is 1. The second kappa shape index (κ2) is 8.46.